The standard InChI is InChI=1S/C24H21F2N5O2/c1-13-3-5-16(19(30-13)22-27-7-2-8-28-22)23(32)31-12-15-9-24(15)10-17(20(24)31)33-18-6-4-14(11-29-18)21(25)26/h2-8,11,15,17,20-21H,9-10,12H2,1H3. The molecule has 7 nitrogen and oxygen atoms in total. The number of aromatic nitrogens is 4. The molecule has 4 heterocycles. The Bertz CT molecular complexity index is 1220. The molecule has 4 atom stereocenters. The maximum Gasteiger partial charge on any atom is 0.265 e. The number of alkyl halides is 2. The Morgan fingerprint density at radius 1 is 1.15 bits per heavy atom. The zero-order valence-corrected chi connectivity index (χ0v) is 17.9. The van der Waals surface area contributed by atoms with Crippen LogP contribution in [0.5, 0.6) is 5.88 Å². The summed E-state index contributed by atoms with van der Waals surface area (Å²) < 4.78 is 31.7. The van der Waals surface area contributed by atoms with E-state index in [-0.39, 0.29) is 29.0 Å². The number of hydrogen-bond acceptors (Lipinski definition) is 6. The van der Waals surface area contributed by atoms with Crippen molar-refractivity contribution in [3.8, 4) is 17.4 Å². The lowest BCUT2D eigenvalue weighted by molar-refractivity contribution is -0.0345. The van der Waals surface area contributed by atoms with Crippen LogP contribution in [-0.4, -0.2) is 49.4 Å². The summed E-state index contributed by atoms with van der Waals surface area (Å²) in [6.45, 7) is 2.53. The van der Waals surface area contributed by atoms with Gasteiger partial charge in [0.1, 0.15) is 11.8 Å². The van der Waals surface area contributed by atoms with Crippen LogP contribution in [0.15, 0.2) is 48.9 Å². The van der Waals surface area contributed by atoms with Crippen molar-refractivity contribution >= 4 is 5.91 Å². The molecule has 0 radical (unpaired) electrons. The molecule has 4 unspecified atom stereocenters. The van der Waals surface area contributed by atoms with Gasteiger partial charge in [-0.1, -0.05) is 0 Å². The molecule has 1 amide bonds. The van der Waals surface area contributed by atoms with Gasteiger partial charge in [-0.3, -0.25) is 4.79 Å². The minimum atomic E-state index is -2.57. The highest BCUT2D eigenvalue weighted by Crippen LogP contribution is 2.71. The zero-order valence-electron chi connectivity index (χ0n) is 17.9. The van der Waals surface area contributed by atoms with Crippen LogP contribution >= 0.6 is 0 Å². The zero-order chi connectivity index (χ0) is 22.7. The lowest BCUT2D eigenvalue weighted by Crippen LogP contribution is -2.59. The molecule has 3 fully saturated rings. The van der Waals surface area contributed by atoms with E-state index in [1.807, 2.05) is 17.9 Å². The number of ether oxygens (including phenoxy) is 1. The largest absolute Gasteiger partial charge is 0.472 e. The number of aryl methyl sites for hydroxylation is 1. The lowest BCUT2D eigenvalue weighted by atomic mass is 9.73. The molecule has 0 bridgehead atoms. The number of amides is 1. The van der Waals surface area contributed by atoms with Gasteiger partial charge >= 0.3 is 0 Å². The Balaban J connectivity index is 1.27. The molecule has 0 N–H and O–H groups in total. The first-order chi connectivity index (χ1) is 16.0. The Morgan fingerprint density at radius 3 is 2.70 bits per heavy atom. The van der Waals surface area contributed by atoms with E-state index in [9.17, 15) is 13.6 Å². The Labute approximate surface area is 188 Å². The fourth-order valence-corrected chi connectivity index (χ4v) is 5.47. The van der Waals surface area contributed by atoms with Crippen molar-refractivity contribution in [1.29, 1.82) is 0 Å². The molecule has 3 aromatic heterocycles. The normalized spacial score (nSPS) is 27.0. The van der Waals surface area contributed by atoms with Gasteiger partial charge in [0.2, 0.25) is 5.88 Å². The third-order valence-corrected chi connectivity index (χ3v) is 7.14. The third kappa shape index (κ3) is 3.17. The van der Waals surface area contributed by atoms with E-state index in [0.717, 1.165) is 24.7 Å². The van der Waals surface area contributed by atoms with Gasteiger partial charge < -0.3 is 9.64 Å². The van der Waals surface area contributed by atoms with Crippen molar-refractivity contribution < 1.29 is 18.3 Å². The van der Waals surface area contributed by atoms with Crippen molar-refractivity contribution in [2.45, 2.75) is 38.3 Å². The fourth-order valence-electron chi connectivity index (χ4n) is 5.47. The monoisotopic (exact) mass is 449 g/mol. The molecule has 0 aromatic carbocycles. The highest BCUT2D eigenvalue weighted by Gasteiger charge is 2.76. The number of rotatable bonds is 5. The van der Waals surface area contributed by atoms with Gasteiger partial charge in [0.05, 0.1) is 11.6 Å². The van der Waals surface area contributed by atoms with E-state index in [4.69, 9.17) is 4.74 Å². The van der Waals surface area contributed by atoms with Gasteiger partial charge in [-0.2, -0.15) is 0 Å². The molecule has 168 valence electrons. The van der Waals surface area contributed by atoms with Gasteiger partial charge in [-0.15, -0.1) is 0 Å². The van der Waals surface area contributed by atoms with Gasteiger partial charge in [-0.05, 0) is 49.9 Å². The van der Waals surface area contributed by atoms with Crippen LogP contribution in [-0.2, 0) is 0 Å². The minimum absolute atomic E-state index is 0.0718. The predicted octanol–water partition coefficient (Wildman–Crippen LogP) is 3.86. The molecule has 1 spiro atoms. The number of halogens is 2. The minimum Gasteiger partial charge on any atom is -0.472 e. The van der Waals surface area contributed by atoms with Crippen molar-refractivity contribution in [1.82, 2.24) is 24.8 Å². The van der Waals surface area contributed by atoms with Crippen molar-refractivity contribution in [3.63, 3.8) is 0 Å². The van der Waals surface area contributed by atoms with E-state index in [0.29, 0.717) is 35.4 Å². The van der Waals surface area contributed by atoms with Crippen LogP contribution in [0.4, 0.5) is 8.78 Å². The van der Waals surface area contributed by atoms with Crippen LogP contribution in [0.25, 0.3) is 11.5 Å². The van der Waals surface area contributed by atoms with Crippen LogP contribution < -0.4 is 4.74 Å². The molecule has 3 aromatic rings. The first-order valence-corrected chi connectivity index (χ1v) is 10.9. The van der Waals surface area contributed by atoms with Crippen LogP contribution in [0.3, 0.4) is 0 Å². The molecule has 2 aliphatic carbocycles. The molecule has 33 heavy (non-hydrogen) atoms. The van der Waals surface area contributed by atoms with Gasteiger partial charge in [0.15, 0.2) is 5.82 Å². The number of pyridine rings is 2. The third-order valence-electron chi connectivity index (χ3n) is 7.14. The first kappa shape index (κ1) is 20.1. The van der Waals surface area contributed by atoms with Gasteiger partial charge in [-0.25, -0.2) is 28.7 Å². The smallest absolute Gasteiger partial charge is 0.265 e. The number of carbonyl (C=O) groups excluding carboxylic acids is 1. The van der Waals surface area contributed by atoms with E-state index < -0.39 is 6.43 Å². The molecular weight excluding hydrogens is 428 g/mol. The summed E-state index contributed by atoms with van der Waals surface area (Å²) in [5.41, 5.74) is 1.67. The molecule has 3 aliphatic rings. The van der Waals surface area contributed by atoms with Crippen molar-refractivity contribution in [3.05, 3.63) is 65.7 Å². The number of hydrogen-bond donors (Lipinski definition) is 0. The Hall–Kier alpha value is -3.49. The number of piperidine rings is 1. The summed E-state index contributed by atoms with van der Waals surface area (Å²) in [5.74, 6) is 1.06. The topological polar surface area (TPSA) is 81.1 Å². The molecule has 1 aliphatic heterocycles. The van der Waals surface area contributed by atoms with Gasteiger partial charge in [0.25, 0.3) is 12.3 Å². The first-order valence-electron chi connectivity index (χ1n) is 10.9. The van der Waals surface area contributed by atoms with E-state index in [1.165, 1.54) is 12.1 Å². The summed E-state index contributed by atoms with van der Waals surface area (Å²) in [4.78, 5) is 32.8. The summed E-state index contributed by atoms with van der Waals surface area (Å²) in [6.07, 6.45) is 3.52. The maximum atomic E-state index is 13.7. The number of carbonyl (C=O) groups is 1. The molecule has 1 saturated heterocycles. The van der Waals surface area contributed by atoms with Crippen LogP contribution in [0.1, 0.15) is 40.9 Å². The maximum absolute atomic E-state index is 13.7. The Morgan fingerprint density at radius 2 is 1.97 bits per heavy atom. The summed E-state index contributed by atoms with van der Waals surface area (Å²) in [7, 11) is 0. The van der Waals surface area contributed by atoms with E-state index in [1.54, 1.807) is 24.5 Å². The second kappa shape index (κ2) is 7.26. The van der Waals surface area contributed by atoms with Crippen molar-refractivity contribution in [2.75, 3.05) is 6.54 Å². The lowest BCUT2D eigenvalue weighted by Gasteiger charge is -2.47. The average molecular weight is 449 g/mol. The quantitative estimate of drug-likeness (QED) is 0.588. The highest BCUT2D eigenvalue weighted by atomic mass is 19.3. The number of nitrogens with zero attached hydrogens (tertiary/aromatic N) is 5. The Kier molecular flexibility index (Phi) is 4.43. The molecule has 2 saturated carbocycles. The summed E-state index contributed by atoms with van der Waals surface area (Å²) in [5, 5.41) is 0. The predicted molar refractivity (Wildman–Crippen MR) is 114 cm³/mol. The van der Waals surface area contributed by atoms with Crippen LogP contribution in [0, 0.1) is 18.3 Å². The molecular formula is C24H21F2N5O2. The van der Waals surface area contributed by atoms with Gasteiger partial charge in [0, 0.05) is 47.9 Å². The van der Waals surface area contributed by atoms with Crippen LogP contribution in [0.2, 0.25) is 0 Å². The molecule has 6 rings (SSSR count). The summed E-state index contributed by atoms with van der Waals surface area (Å²) in [6, 6.07) is 8.03. The summed E-state index contributed by atoms with van der Waals surface area (Å²) >= 11 is 0. The molecule has 9 heteroatoms. The second-order valence-electron chi connectivity index (χ2n) is 9.05. The SMILES string of the molecule is Cc1ccc(C(=O)N2CC3CC34CC(Oc3ccc(C(F)F)cn3)C24)c(-c2ncccn2)n1. The number of likely N-dealkylation sites (tertiary alicyclic amines) is 1. The average Bonchev–Trinajstić information content (AvgIpc) is 3.47. The van der Waals surface area contributed by atoms with E-state index in [2.05, 4.69) is 19.9 Å². The van der Waals surface area contributed by atoms with E-state index >= 15 is 0 Å². The second-order valence-corrected chi connectivity index (χ2v) is 9.05. The van der Waals surface area contributed by atoms with Crippen molar-refractivity contribution in [2.24, 2.45) is 11.3 Å². The fraction of sp³-hybridized carbons (Fsp3) is 0.375. The highest BCUT2D eigenvalue weighted by molar-refractivity contribution is 6.00.